The molecule has 9 heteroatoms. The van der Waals surface area contributed by atoms with Gasteiger partial charge in [-0.25, -0.2) is 4.98 Å². The van der Waals surface area contributed by atoms with E-state index in [1.807, 2.05) is 56.0 Å². The molecule has 1 aliphatic heterocycles. The van der Waals surface area contributed by atoms with Crippen molar-refractivity contribution in [3.63, 3.8) is 0 Å². The second-order valence-corrected chi connectivity index (χ2v) is 7.84. The number of anilines is 3. The molecule has 0 fully saturated rings. The number of rotatable bonds is 6. The Morgan fingerprint density at radius 2 is 2.03 bits per heavy atom. The van der Waals surface area contributed by atoms with Crippen molar-refractivity contribution in [3.8, 4) is 11.1 Å². The standard InChI is InChI=1S/C23H25N9/c1-3-21-28-29-23-15-31(8-9-32(21)23)22-11-19(6-7-25-22)27-20-10-16(4-5-17(20)12-24)18-13-26-30(2)14-18/h4-7,10-14,24H,3,8-9,15H2,1-2H3,(H,25,27). The van der Waals surface area contributed by atoms with Crippen molar-refractivity contribution in [2.75, 3.05) is 16.8 Å². The summed E-state index contributed by atoms with van der Waals surface area (Å²) in [6.07, 6.45) is 7.88. The van der Waals surface area contributed by atoms with Crippen molar-refractivity contribution in [3.05, 3.63) is 66.1 Å². The van der Waals surface area contributed by atoms with E-state index in [0.29, 0.717) is 6.54 Å². The van der Waals surface area contributed by atoms with E-state index >= 15 is 0 Å². The number of aryl methyl sites for hydroxylation is 2. The molecule has 0 amide bonds. The maximum absolute atomic E-state index is 7.80. The van der Waals surface area contributed by atoms with Gasteiger partial charge in [0.05, 0.1) is 12.7 Å². The highest BCUT2D eigenvalue weighted by atomic mass is 15.3. The molecule has 0 spiro atoms. The minimum atomic E-state index is 0.686. The van der Waals surface area contributed by atoms with Gasteiger partial charge in [-0.05, 0) is 17.7 Å². The van der Waals surface area contributed by atoms with Crippen LogP contribution in [0.1, 0.15) is 24.1 Å². The fourth-order valence-corrected chi connectivity index (χ4v) is 4.04. The fourth-order valence-electron chi connectivity index (χ4n) is 4.04. The van der Waals surface area contributed by atoms with Gasteiger partial charge in [-0.2, -0.15) is 5.10 Å². The van der Waals surface area contributed by atoms with E-state index in [1.54, 1.807) is 4.68 Å². The van der Waals surface area contributed by atoms with Crippen molar-refractivity contribution in [1.29, 1.82) is 5.41 Å². The van der Waals surface area contributed by atoms with Crippen LogP contribution in [-0.2, 0) is 26.6 Å². The quantitative estimate of drug-likeness (QED) is 0.458. The summed E-state index contributed by atoms with van der Waals surface area (Å²) in [7, 11) is 1.90. The third-order valence-electron chi connectivity index (χ3n) is 5.74. The molecular weight excluding hydrogens is 402 g/mol. The van der Waals surface area contributed by atoms with Gasteiger partial charge in [0.1, 0.15) is 11.6 Å². The third kappa shape index (κ3) is 3.73. The maximum atomic E-state index is 7.80. The highest BCUT2D eigenvalue weighted by molar-refractivity contribution is 5.89. The first-order valence-electron chi connectivity index (χ1n) is 10.7. The average Bonchev–Trinajstić information content (AvgIpc) is 3.44. The molecule has 5 rings (SSSR count). The van der Waals surface area contributed by atoms with E-state index in [-0.39, 0.29) is 0 Å². The molecule has 0 saturated heterocycles. The van der Waals surface area contributed by atoms with Crippen LogP contribution in [0.15, 0.2) is 48.9 Å². The number of hydrogen-bond acceptors (Lipinski definition) is 7. The Morgan fingerprint density at radius 1 is 1.12 bits per heavy atom. The molecule has 2 N–H and O–H groups in total. The van der Waals surface area contributed by atoms with Crippen molar-refractivity contribution < 1.29 is 0 Å². The summed E-state index contributed by atoms with van der Waals surface area (Å²) >= 11 is 0. The summed E-state index contributed by atoms with van der Waals surface area (Å²) in [5.41, 5.74) is 4.68. The zero-order valence-corrected chi connectivity index (χ0v) is 18.2. The van der Waals surface area contributed by atoms with E-state index in [1.165, 1.54) is 6.21 Å². The second-order valence-electron chi connectivity index (χ2n) is 7.84. The molecule has 0 saturated carbocycles. The smallest absolute Gasteiger partial charge is 0.152 e. The molecule has 32 heavy (non-hydrogen) atoms. The first-order chi connectivity index (χ1) is 15.6. The summed E-state index contributed by atoms with van der Waals surface area (Å²) < 4.78 is 3.99. The molecule has 0 aliphatic carbocycles. The molecule has 0 unspecified atom stereocenters. The van der Waals surface area contributed by atoms with Crippen LogP contribution in [0.3, 0.4) is 0 Å². The van der Waals surface area contributed by atoms with Gasteiger partial charge >= 0.3 is 0 Å². The van der Waals surface area contributed by atoms with E-state index in [2.05, 4.69) is 42.0 Å². The third-order valence-corrected chi connectivity index (χ3v) is 5.74. The summed E-state index contributed by atoms with van der Waals surface area (Å²) in [5.74, 6) is 2.90. The normalized spacial score (nSPS) is 13.1. The molecule has 3 aromatic heterocycles. The van der Waals surface area contributed by atoms with Crippen molar-refractivity contribution >= 4 is 23.4 Å². The number of aromatic nitrogens is 6. The highest BCUT2D eigenvalue weighted by Crippen LogP contribution is 2.29. The average molecular weight is 428 g/mol. The summed E-state index contributed by atoms with van der Waals surface area (Å²) in [5, 5.41) is 24.2. The number of hydrogen-bond donors (Lipinski definition) is 2. The van der Waals surface area contributed by atoms with Gasteiger partial charge in [0.25, 0.3) is 0 Å². The molecule has 1 aliphatic rings. The number of pyridine rings is 1. The van der Waals surface area contributed by atoms with Crippen LogP contribution in [0, 0.1) is 5.41 Å². The Hall–Kier alpha value is -4.01. The fraction of sp³-hybridized carbons (Fsp3) is 0.261. The molecule has 9 nitrogen and oxygen atoms in total. The molecular formula is C23H25N9. The predicted molar refractivity (Wildman–Crippen MR) is 124 cm³/mol. The van der Waals surface area contributed by atoms with Gasteiger partial charge in [-0.15, -0.1) is 10.2 Å². The van der Waals surface area contributed by atoms with Crippen LogP contribution in [0.25, 0.3) is 11.1 Å². The van der Waals surface area contributed by atoms with E-state index in [0.717, 1.165) is 65.0 Å². The first kappa shape index (κ1) is 19.9. The van der Waals surface area contributed by atoms with Gasteiger partial charge in [0.2, 0.25) is 0 Å². The first-order valence-corrected chi connectivity index (χ1v) is 10.7. The largest absolute Gasteiger partial charge is 0.355 e. The Morgan fingerprint density at radius 3 is 2.81 bits per heavy atom. The van der Waals surface area contributed by atoms with Crippen LogP contribution in [-0.4, -0.2) is 42.3 Å². The van der Waals surface area contributed by atoms with Crippen LogP contribution in [0.2, 0.25) is 0 Å². The number of benzene rings is 1. The SMILES string of the molecule is CCc1nnc2n1CCN(c1cc(Nc3cc(-c4cnn(C)c4)ccc3C=N)ccn1)C2. The minimum Gasteiger partial charge on any atom is -0.355 e. The molecule has 0 bridgehead atoms. The molecule has 0 atom stereocenters. The van der Waals surface area contributed by atoms with E-state index in [4.69, 9.17) is 5.41 Å². The molecule has 4 aromatic rings. The summed E-state index contributed by atoms with van der Waals surface area (Å²) in [6, 6.07) is 9.98. The van der Waals surface area contributed by atoms with Crippen LogP contribution < -0.4 is 10.2 Å². The van der Waals surface area contributed by atoms with Gasteiger partial charge in [-0.1, -0.05) is 19.1 Å². The number of nitrogens with zero attached hydrogens (tertiary/aromatic N) is 7. The Bertz CT molecular complexity index is 1270. The predicted octanol–water partition coefficient (Wildman–Crippen LogP) is 3.40. The maximum Gasteiger partial charge on any atom is 0.152 e. The summed E-state index contributed by atoms with van der Waals surface area (Å²) in [4.78, 5) is 6.81. The van der Waals surface area contributed by atoms with E-state index in [9.17, 15) is 0 Å². The lowest BCUT2D eigenvalue weighted by Gasteiger charge is -2.29. The summed E-state index contributed by atoms with van der Waals surface area (Å²) in [6.45, 7) is 4.50. The van der Waals surface area contributed by atoms with Gasteiger partial charge in [0.15, 0.2) is 5.82 Å². The van der Waals surface area contributed by atoms with Crippen LogP contribution in [0.4, 0.5) is 17.2 Å². The van der Waals surface area contributed by atoms with Crippen molar-refractivity contribution in [1.82, 2.24) is 29.5 Å². The van der Waals surface area contributed by atoms with Gasteiger partial charge in [-0.3, -0.25) is 4.68 Å². The Kier molecular flexibility index (Phi) is 5.14. The van der Waals surface area contributed by atoms with Crippen LogP contribution >= 0.6 is 0 Å². The van der Waals surface area contributed by atoms with Crippen molar-refractivity contribution in [2.45, 2.75) is 26.4 Å². The minimum absolute atomic E-state index is 0.686. The monoisotopic (exact) mass is 427 g/mol. The van der Waals surface area contributed by atoms with Gasteiger partial charge < -0.3 is 20.2 Å². The number of fused-ring (bicyclic) bond motifs is 1. The molecule has 162 valence electrons. The lowest BCUT2D eigenvalue weighted by Crippen LogP contribution is -2.34. The Balaban J connectivity index is 1.40. The second kappa shape index (κ2) is 8.26. The topological polar surface area (TPSA) is 101 Å². The lowest BCUT2D eigenvalue weighted by molar-refractivity contribution is 0.541. The molecule has 4 heterocycles. The zero-order chi connectivity index (χ0) is 22.1. The highest BCUT2D eigenvalue weighted by Gasteiger charge is 2.21. The van der Waals surface area contributed by atoms with Crippen LogP contribution in [0.5, 0.6) is 0 Å². The van der Waals surface area contributed by atoms with E-state index < -0.39 is 0 Å². The molecule has 0 radical (unpaired) electrons. The van der Waals surface area contributed by atoms with Crippen molar-refractivity contribution in [2.24, 2.45) is 7.05 Å². The molecule has 1 aromatic carbocycles. The lowest BCUT2D eigenvalue weighted by atomic mass is 10.1. The number of nitrogens with one attached hydrogen (secondary N) is 2. The zero-order valence-electron chi connectivity index (χ0n) is 18.2. The Labute approximate surface area is 186 Å². The van der Waals surface area contributed by atoms with Gasteiger partial charge in [0, 0.05) is 73.7 Å².